The van der Waals surface area contributed by atoms with Gasteiger partial charge in [0, 0.05) is 62.2 Å². The van der Waals surface area contributed by atoms with Gasteiger partial charge >= 0.3 is 0 Å². The maximum Gasteiger partial charge on any atom is 0.232 e. The zero-order valence-electron chi connectivity index (χ0n) is 19.3. The van der Waals surface area contributed by atoms with Gasteiger partial charge < -0.3 is 15.1 Å². The monoisotopic (exact) mass is 421 g/mol. The van der Waals surface area contributed by atoms with Crippen LogP contribution in [0.4, 0.5) is 5.69 Å². The van der Waals surface area contributed by atoms with Crippen molar-refractivity contribution >= 4 is 17.4 Å². The Kier molecular flexibility index (Phi) is 5.71. The maximum absolute atomic E-state index is 13.7. The highest BCUT2D eigenvalue weighted by Gasteiger charge is 2.47. The molecule has 3 aliphatic rings. The summed E-state index contributed by atoms with van der Waals surface area (Å²) in [6.45, 7) is 10.1. The number of carbonyl (C=O) groups is 2. The number of anilines is 1. The number of ketones is 1. The van der Waals surface area contributed by atoms with Crippen molar-refractivity contribution in [1.82, 2.24) is 10.2 Å². The number of likely N-dealkylation sites (tertiary alicyclic amines) is 1. The summed E-state index contributed by atoms with van der Waals surface area (Å²) in [5.41, 5.74) is 4.49. The first-order valence-electron chi connectivity index (χ1n) is 11.5. The topological polar surface area (TPSA) is 52.7 Å². The van der Waals surface area contributed by atoms with Gasteiger partial charge in [-0.2, -0.15) is 0 Å². The Bertz CT molecular complexity index is 920. The number of amides is 1. The molecule has 0 bridgehead atoms. The van der Waals surface area contributed by atoms with Gasteiger partial charge in [0.1, 0.15) is 0 Å². The van der Waals surface area contributed by atoms with Gasteiger partial charge in [-0.3, -0.25) is 9.59 Å². The molecule has 0 saturated carbocycles. The lowest BCUT2D eigenvalue weighted by atomic mass is 9.66. The summed E-state index contributed by atoms with van der Waals surface area (Å²) in [7, 11) is 4.02. The van der Waals surface area contributed by atoms with Crippen LogP contribution in [0, 0.1) is 11.3 Å². The number of carbonyl (C=O) groups excluding carboxylic acids is 2. The lowest BCUT2D eigenvalue weighted by molar-refractivity contribution is -0.136. The van der Waals surface area contributed by atoms with Gasteiger partial charge in [-0.15, -0.1) is 0 Å². The zero-order valence-corrected chi connectivity index (χ0v) is 19.3. The number of benzene rings is 1. The van der Waals surface area contributed by atoms with Crippen LogP contribution in [0.25, 0.3) is 0 Å². The van der Waals surface area contributed by atoms with E-state index in [4.69, 9.17) is 0 Å². The quantitative estimate of drug-likeness (QED) is 0.794. The minimum Gasteiger partial charge on any atom is -0.378 e. The van der Waals surface area contributed by atoms with Crippen LogP contribution in [0.3, 0.4) is 0 Å². The summed E-state index contributed by atoms with van der Waals surface area (Å²) in [5.74, 6) is -0.474. The van der Waals surface area contributed by atoms with E-state index < -0.39 is 5.92 Å². The van der Waals surface area contributed by atoms with Gasteiger partial charge in [0.2, 0.25) is 5.91 Å². The number of Topliss-reactive ketones (excluding diaryl/α,β-unsaturated/α-hetero) is 1. The molecule has 2 heterocycles. The first kappa shape index (κ1) is 21.7. The van der Waals surface area contributed by atoms with Gasteiger partial charge in [-0.1, -0.05) is 32.6 Å². The largest absolute Gasteiger partial charge is 0.378 e. The van der Waals surface area contributed by atoms with Crippen LogP contribution in [0.2, 0.25) is 0 Å². The SMILES string of the molecule is C=C1NC2=C(C(=O)CC(C)(C)C2)C(c2ccc(N(C)C)cc2)C1C(=O)N1CCCCC1. The molecule has 1 aromatic carbocycles. The number of hydrogen-bond donors (Lipinski definition) is 1. The van der Waals surface area contributed by atoms with Crippen LogP contribution in [0.15, 0.2) is 47.8 Å². The van der Waals surface area contributed by atoms with Crippen molar-refractivity contribution in [3.05, 3.63) is 53.4 Å². The molecule has 5 nitrogen and oxygen atoms in total. The number of piperidine rings is 1. The first-order valence-corrected chi connectivity index (χ1v) is 11.5. The van der Waals surface area contributed by atoms with E-state index in [9.17, 15) is 9.59 Å². The number of allylic oxidation sites excluding steroid dienone is 2. The first-order chi connectivity index (χ1) is 14.7. The second-order valence-electron chi connectivity index (χ2n) is 10.3. The van der Waals surface area contributed by atoms with Crippen molar-refractivity contribution in [1.29, 1.82) is 0 Å². The molecule has 1 aromatic rings. The molecule has 0 spiro atoms. The highest BCUT2D eigenvalue weighted by Crippen LogP contribution is 2.48. The van der Waals surface area contributed by atoms with E-state index in [1.807, 2.05) is 19.0 Å². The maximum atomic E-state index is 13.7. The van der Waals surface area contributed by atoms with Crippen LogP contribution in [0.1, 0.15) is 57.4 Å². The Morgan fingerprint density at radius 1 is 1.10 bits per heavy atom. The molecule has 2 aliphatic heterocycles. The number of nitrogens with zero attached hydrogens (tertiary/aromatic N) is 2. The molecular formula is C26H35N3O2. The van der Waals surface area contributed by atoms with Gasteiger partial charge in [0.05, 0.1) is 5.92 Å². The minimum absolute atomic E-state index is 0.0910. The Morgan fingerprint density at radius 3 is 2.35 bits per heavy atom. The van der Waals surface area contributed by atoms with Gasteiger partial charge in [-0.25, -0.2) is 0 Å². The molecule has 31 heavy (non-hydrogen) atoms. The number of hydrogen-bond acceptors (Lipinski definition) is 4. The Morgan fingerprint density at radius 2 is 1.74 bits per heavy atom. The molecular weight excluding hydrogens is 386 g/mol. The molecule has 1 N–H and O–H groups in total. The minimum atomic E-state index is -0.452. The summed E-state index contributed by atoms with van der Waals surface area (Å²) >= 11 is 0. The molecule has 0 aromatic heterocycles. The fourth-order valence-corrected chi connectivity index (χ4v) is 5.39. The highest BCUT2D eigenvalue weighted by molar-refractivity contribution is 6.01. The van der Waals surface area contributed by atoms with Gasteiger partial charge in [0.25, 0.3) is 0 Å². The molecule has 1 amide bonds. The van der Waals surface area contributed by atoms with E-state index in [1.165, 1.54) is 6.42 Å². The Labute approximate surface area is 186 Å². The molecule has 2 unspecified atom stereocenters. The fraction of sp³-hybridized carbons (Fsp3) is 0.538. The lowest BCUT2D eigenvalue weighted by Crippen LogP contribution is -2.48. The van der Waals surface area contributed by atoms with Gasteiger partial charge in [-0.05, 0) is 48.8 Å². The third-order valence-electron chi connectivity index (χ3n) is 6.95. The normalized spacial score (nSPS) is 25.7. The Balaban J connectivity index is 1.80. The van der Waals surface area contributed by atoms with E-state index in [2.05, 4.69) is 54.9 Å². The lowest BCUT2D eigenvalue weighted by Gasteiger charge is -2.44. The molecule has 1 saturated heterocycles. The van der Waals surface area contributed by atoms with Crippen LogP contribution in [-0.2, 0) is 9.59 Å². The molecule has 166 valence electrons. The Hall–Kier alpha value is -2.56. The third kappa shape index (κ3) is 4.15. The van der Waals surface area contributed by atoms with Crippen molar-refractivity contribution in [3.8, 4) is 0 Å². The fourth-order valence-electron chi connectivity index (χ4n) is 5.39. The van der Waals surface area contributed by atoms with E-state index in [0.717, 1.165) is 60.6 Å². The van der Waals surface area contributed by atoms with E-state index in [0.29, 0.717) is 6.42 Å². The smallest absolute Gasteiger partial charge is 0.232 e. The van der Waals surface area contributed by atoms with Crippen LogP contribution in [-0.4, -0.2) is 43.8 Å². The van der Waals surface area contributed by atoms with E-state index in [1.54, 1.807) is 0 Å². The van der Waals surface area contributed by atoms with Crippen molar-refractivity contribution in [2.75, 3.05) is 32.1 Å². The second kappa shape index (κ2) is 8.18. The summed E-state index contributed by atoms with van der Waals surface area (Å²) in [5, 5.41) is 3.41. The molecule has 4 rings (SSSR count). The number of rotatable bonds is 3. The zero-order chi connectivity index (χ0) is 22.3. The molecule has 1 aliphatic carbocycles. The van der Waals surface area contributed by atoms with Gasteiger partial charge in [0.15, 0.2) is 5.78 Å². The predicted molar refractivity (Wildman–Crippen MR) is 125 cm³/mol. The van der Waals surface area contributed by atoms with Crippen LogP contribution in [0.5, 0.6) is 0 Å². The average Bonchev–Trinajstić information content (AvgIpc) is 2.72. The second-order valence-corrected chi connectivity index (χ2v) is 10.3. The summed E-state index contributed by atoms with van der Waals surface area (Å²) in [4.78, 5) is 31.1. The summed E-state index contributed by atoms with van der Waals surface area (Å²) in [6.07, 6.45) is 4.57. The third-order valence-corrected chi connectivity index (χ3v) is 6.95. The van der Waals surface area contributed by atoms with Crippen molar-refractivity contribution in [2.45, 2.75) is 51.9 Å². The number of nitrogens with one attached hydrogen (secondary N) is 1. The standard InChI is InChI=1S/C26H35N3O2/c1-17-22(25(31)29-13-7-6-8-14-29)23(18-9-11-19(12-10-18)28(4)5)24-20(27-17)15-26(2,3)16-21(24)30/h9-12,22-23,27H,1,6-8,13-16H2,2-5H3. The molecule has 2 atom stereocenters. The van der Waals surface area contributed by atoms with E-state index in [-0.39, 0.29) is 23.0 Å². The summed E-state index contributed by atoms with van der Waals surface area (Å²) < 4.78 is 0. The molecule has 5 heteroatoms. The molecule has 0 radical (unpaired) electrons. The van der Waals surface area contributed by atoms with E-state index >= 15 is 0 Å². The predicted octanol–water partition coefficient (Wildman–Crippen LogP) is 4.23. The van der Waals surface area contributed by atoms with Crippen LogP contribution >= 0.6 is 0 Å². The highest BCUT2D eigenvalue weighted by atomic mass is 16.2. The summed E-state index contributed by atoms with van der Waals surface area (Å²) in [6, 6.07) is 8.29. The van der Waals surface area contributed by atoms with Crippen molar-refractivity contribution < 1.29 is 9.59 Å². The average molecular weight is 422 g/mol. The molecule has 1 fully saturated rings. The van der Waals surface area contributed by atoms with Crippen molar-refractivity contribution in [3.63, 3.8) is 0 Å². The van der Waals surface area contributed by atoms with Crippen molar-refractivity contribution in [2.24, 2.45) is 11.3 Å². The van der Waals surface area contributed by atoms with Crippen LogP contribution < -0.4 is 10.2 Å².